The molecule has 1 N–H and O–H groups in total. The number of nitrogens with zero attached hydrogens (tertiary/aromatic N) is 3. The first-order chi connectivity index (χ1) is 6.75. The first-order valence-corrected chi connectivity index (χ1v) is 3.95. The first-order valence-electron chi connectivity index (χ1n) is 3.95. The van der Waals surface area contributed by atoms with Crippen LogP contribution in [0.2, 0.25) is 0 Å². The first kappa shape index (κ1) is 10.2. The van der Waals surface area contributed by atoms with Crippen LogP contribution in [0.1, 0.15) is 6.42 Å². The minimum atomic E-state index is -0.726. The Hall–Kier alpha value is -1.92. The van der Waals surface area contributed by atoms with Crippen LogP contribution < -0.4 is 11.1 Å². The average molecular weight is 198 g/mol. The third kappa shape index (κ3) is 2.54. The van der Waals surface area contributed by atoms with E-state index in [2.05, 4.69) is 15.1 Å². The molecule has 7 heteroatoms. The Morgan fingerprint density at radius 2 is 2.50 bits per heavy atom. The summed E-state index contributed by atoms with van der Waals surface area (Å²) >= 11 is 0. The van der Waals surface area contributed by atoms with Crippen molar-refractivity contribution in [1.82, 2.24) is 14.8 Å². The van der Waals surface area contributed by atoms with E-state index in [0.717, 1.165) is 0 Å². The summed E-state index contributed by atoms with van der Waals surface area (Å²) in [6.07, 6.45) is 3.27. The molecule has 0 saturated carbocycles. The molecule has 14 heavy (non-hydrogen) atoms. The highest BCUT2D eigenvalue weighted by atomic mass is 16.6. The second kappa shape index (κ2) is 4.95. The number of hydrogen-bond acceptors (Lipinski definition) is 5. The van der Waals surface area contributed by atoms with Gasteiger partial charge in [0.2, 0.25) is 0 Å². The van der Waals surface area contributed by atoms with Crippen LogP contribution in [0, 0.1) is 0 Å². The number of hydrogen-bond donors (Lipinski definition) is 1. The number of oxime groups is 1. The van der Waals surface area contributed by atoms with Crippen LogP contribution in [-0.2, 0) is 11.4 Å². The van der Waals surface area contributed by atoms with E-state index in [1.165, 1.54) is 24.2 Å². The Labute approximate surface area is 79.0 Å². The fraction of sp³-hybridized carbons (Fsp3) is 0.429. The lowest BCUT2D eigenvalue weighted by Gasteiger charge is -1.98. The van der Waals surface area contributed by atoms with Crippen LogP contribution in [0.5, 0.6) is 0 Å². The zero-order valence-corrected chi connectivity index (χ0v) is 7.64. The lowest BCUT2D eigenvalue weighted by molar-refractivity contribution is 0.214. The van der Waals surface area contributed by atoms with E-state index >= 15 is 0 Å². The van der Waals surface area contributed by atoms with Gasteiger partial charge in [-0.1, -0.05) is 5.16 Å². The van der Waals surface area contributed by atoms with E-state index < -0.39 is 11.1 Å². The minimum absolute atomic E-state index is 0.350. The van der Waals surface area contributed by atoms with E-state index in [9.17, 15) is 9.59 Å². The van der Waals surface area contributed by atoms with Crippen molar-refractivity contribution in [1.29, 1.82) is 0 Å². The molecule has 0 atom stereocenters. The van der Waals surface area contributed by atoms with Crippen LogP contribution >= 0.6 is 0 Å². The Kier molecular flexibility index (Phi) is 3.59. The quantitative estimate of drug-likeness (QED) is 0.380. The van der Waals surface area contributed by atoms with E-state index in [1.807, 2.05) is 5.10 Å². The molecule has 0 aliphatic rings. The van der Waals surface area contributed by atoms with Gasteiger partial charge in [0.25, 0.3) is 0 Å². The second-order valence-electron chi connectivity index (χ2n) is 2.44. The van der Waals surface area contributed by atoms with Crippen LogP contribution in [0.25, 0.3) is 0 Å². The van der Waals surface area contributed by atoms with E-state index in [-0.39, 0.29) is 0 Å². The summed E-state index contributed by atoms with van der Waals surface area (Å²) in [5.41, 5.74) is -1.35. The molecule has 0 aromatic carbocycles. The van der Waals surface area contributed by atoms with Crippen molar-refractivity contribution in [2.75, 3.05) is 7.11 Å². The maximum absolute atomic E-state index is 11.1. The zero-order valence-electron chi connectivity index (χ0n) is 7.64. The predicted molar refractivity (Wildman–Crippen MR) is 49.2 cm³/mol. The molecule has 0 fully saturated rings. The maximum atomic E-state index is 11.1. The molecular weight excluding hydrogens is 188 g/mol. The smallest absolute Gasteiger partial charge is 0.330 e. The summed E-state index contributed by atoms with van der Waals surface area (Å²) in [6.45, 7) is 0.350. The lowest BCUT2D eigenvalue weighted by atomic mass is 10.4. The normalized spacial score (nSPS) is 10.6. The van der Waals surface area contributed by atoms with Crippen molar-refractivity contribution < 1.29 is 4.84 Å². The number of aromatic nitrogens is 3. The standard InChI is InChI=1S/C7H10N4O3/c1-14-9-3-2-4-11-5-8-10-6(12)7(11)13/h3,5H,2,4H2,1H3,(H,10,12). The topological polar surface area (TPSA) is 89.3 Å². The molecular formula is C7H10N4O3. The number of aryl methyl sites for hydroxylation is 1. The zero-order chi connectivity index (χ0) is 10.4. The summed E-state index contributed by atoms with van der Waals surface area (Å²) in [4.78, 5) is 26.4. The highest BCUT2D eigenvalue weighted by molar-refractivity contribution is 5.55. The number of rotatable bonds is 4. The van der Waals surface area contributed by atoms with Crippen LogP contribution in [0.15, 0.2) is 21.1 Å². The number of H-pyrrole nitrogens is 1. The van der Waals surface area contributed by atoms with Gasteiger partial charge in [-0.15, -0.1) is 0 Å². The molecule has 7 nitrogen and oxygen atoms in total. The third-order valence-corrected chi connectivity index (χ3v) is 1.50. The summed E-state index contributed by atoms with van der Waals surface area (Å²) in [7, 11) is 1.43. The molecule has 1 aromatic heterocycles. The molecule has 0 radical (unpaired) electrons. The molecule has 0 aliphatic heterocycles. The molecule has 0 amide bonds. The van der Waals surface area contributed by atoms with Gasteiger partial charge in [-0.05, 0) is 0 Å². The van der Waals surface area contributed by atoms with Gasteiger partial charge in [0, 0.05) is 19.2 Å². The van der Waals surface area contributed by atoms with E-state index in [1.54, 1.807) is 0 Å². The summed E-state index contributed by atoms with van der Waals surface area (Å²) in [5, 5.41) is 9.03. The molecule has 0 aliphatic carbocycles. The van der Waals surface area contributed by atoms with Crippen molar-refractivity contribution in [2.24, 2.45) is 5.16 Å². The molecule has 1 rings (SSSR count). The van der Waals surface area contributed by atoms with Gasteiger partial charge in [0.1, 0.15) is 13.4 Å². The lowest BCUT2D eigenvalue weighted by Crippen LogP contribution is -2.36. The van der Waals surface area contributed by atoms with E-state index in [4.69, 9.17) is 0 Å². The van der Waals surface area contributed by atoms with Crippen molar-refractivity contribution in [3.05, 3.63) is 27.0 Å². The summed E-state index contributed by atoms with van der Waals surface area (Å²) in [6, 6.07) is 0. The molecule has 1 heterocycles. The van der Waals surface area contributed by atoms with Crippen molar-refractivity contribution >= 4 is 6.21 Å². The van der Waals surface area contributed by atoms with Crippen LogP contribution in [0.3, 0.4) is 0 Å². The van der Waals surface area contributed by atoms with E-state index in [0.29, 0.717) is 13.0 Å². The fourth-order valence-corrected chi connectivity index (χ4v) is 0.871. The molecule has 0 unspecified atom stereocenters. The van der Waals surface area contributed by atoms with Gasteiger partial charge in [-0.3, -0.25) is 14.2 Å². The number of nitrogens with one attached hydrogen (secondary N) is 1. The monoisotopic (exact) mass is 198 g/mol. The molecule has 1 aromatic rings. The Morgan fingerprint density at radius 1 is 1.71 bits per heavy atom. The van der Waals surface area contributed by atoms with Gasteiger partial charge in [-0.2, -0.15) is 5.10 Å². The average Bonchev–Trinajstić information content (AvgIpc) is 2.19. The highest BCUT2D eigenvalue weighted by Gasteiger charge is 1.98. The fourth-order valence-electron chi connectivity index (χ4n) is 0.871. The SMILES string of the molecule is CON=CCCn1cn[nH]c(=O)c1=O. The third-order valence-electron chi connectivity index (χ3n) is 1.50. The number of aromatic amines is 1. The van der Waals surface area contributed by atoms with Crippen LogP contribution in [0.4, 0.5) is 0 Å². The van der Waals surface area contributed by atoms with Gasteiger partial charge >= 0.3 is 11.1 Å². The minimum Gasteiger partial charge on any atom is -0.399 e. The molecule has 0 saturated heterocycles. The molecule has 76 valence electrons. The van der Waals surface area contributed by atoms with Gasteiger partial charge in [0.05, 0.1) is 0 Å². The summed E-state index contributed by atoms with van der Waals surface area (Å²) < 4.78 is 1.21. The van der Waals surface area contributed by atoms with Crippen molar-refractivity contribution in [3.63, 3.8) is 0 Å². The highest BCUT2D eigenvalue weighted by Crippen LogP contribution is 1.80. The van der Waals surface area contributed by atoms with Gasteiger partial charge in [0.15, 0.2) is 0 Å². The Bertz CT molecular complexity index is 419. The van der Waals surface area contributed by atoms with Crippen molar-refractivity contribution in [3.8, 4) is 0 Å². The molecule has 0 bridgehead atoms. The largest absolute Gasteiger partial charge is 0.399 e. The van der Waals surface area contributed by atoms with Gasteiger partial charge in [-0.25, -0.2) is 5.10 Å². The Balaban J connectivity index is 2.69. The Morgan fingerprint density at radius 3 is 3.21 bits per heavy atom. The maximum Gasteiger partial charge on any atom is 0.330 e. The predicted octanol–water partition coefficient (Wildman–Crippen LogP) is -1.05. The van der Waals surface area contributed by atoms with Gasteiger partial charge < -0.3 is 4.84 Å². The van der Waals surface area contributed by atoms with Crippen LogP contribution in [-0.4, -0.2) is 28.1 Å². The summed E-state index contributed by atoms with van der Waals surface area (Å²) in [5.74, 6) is 0. The van der Waals surface area contributed by atoms with Crippen molar-refractivity contribution in [2.45, 2.75) is 13.0 Å². The molecule has 0 spiro atoms. The second-order valence-corrected chi connectivity index (χ2v) is 2.44.